The maximum absolute atomic E-state index is 13.7. The van der Waals surface area contributed by atoms with Crippen molar-refractivity contribution < 1.29 is 4.39 Å². The van der Waals surface area contributed by atoms with Gasteiger partial charge in [-0.25, -0.2) is 4.39 Å². The van der Waals surface area contributed by atoms with E-state index in [0.717, 1.165) is 24.4 Å². The van der Waals surface area contributed by atoms with Crippen molar-refractivity contribution in [2.24, 2.45) is 5.92 Å². The van der Waals surface area contributed by atoms with E-state index in [1.54, 1.807) is 6.07 Å². The van der Waals surface area contributed by atoms with Crippen molar-refractivity contribution in [1.82, 2.24) is 9.55 Å². The molecule has 0 saturated heterocycles. The molecule has 0 amide bonds. The van der Waals surface area contributed by atoms with Gasteiger partial charge in [-0.3, -0.25) is 0 Å². The molecule has 2 rings (SSSR count). The number of fused-ring (bicyclic) bond motifs is 1. The van der Waals surface area contributed by atoms with E-state index in [9.17, 15) is 4.39 Å². The predicted octanol–water partition coefficient (Wildman–Crippen LogP) is 5.44. The number of H-pyrrole nitrogens is 1. The van der Waals surface area contributed by atoms with E-state index in [1.807, 2.05) is 10.6 Å². The van der Waals surface area contributed by atoms with Crippen molar-refractivity contribution in [2.75, 3.05) is 0 Å². The molecular weight excluding hydrogens is 271 g/mol. The van der Waals surface area contributed by atoms with E-state index in [2.05, 4.69) is 18.8 Å². The fraction of sp³-hybridized carbons (Fsp3) is 0.562. The van der Waals surface area contributed by atoms with Crippen LogP contribution in [0.1, 0.15) is 46.0 Å². The summed E-state index contributed by atoms with van der Waals surface area (Å²) in [5.41, 5.74) is 1.40. The fourth-order valence-corrected chi connectivity index (χ4v) is 2.83. The summed E-state index contributed by atoms with van der Waals surface area (Å²) in [5, 5.41) is 0. The summed E-state index contributed by atoms with van der Waals surface area (Å²) in [6, 6.07) is 5.12. The lowest BCUT2D eigenvalue weighted by Gasteiger charge is -2.06. The summed E-state index contributed by atoms with van der Waals surface area (Å²) in [7, 11) is 0. The first-order chi connectivity index (χ1) is 9.59. The molecule has 1 N–H and O–H groups in total. The SMILES string of the molecule is CC(C)CCCCCCn1c(=S)[nH]c2c(F)cccc21. The molecule has 0 aliphatic carbocycles. The van der Waals surface area contributed by atoms with Crippen molar-refractivity contribution >= 4 is 23.3 Å². The lowest BCUT2D eigenvalue weighted by atomic mass is 10.0. The van der Waals surface area contributed by atoms with Crippen LogP contribution >= 0.6 is 12.2 Å². The van der Waals surface area contributed by atoms with Gasteiger partial charge in [0.25, 0.3) is 0 Å². The van der Waals surface area contributed by atoms with Gasteiger partial charge in [-0.05, 0) is 36.7 Å². The Morgan fingerprint density at radius 1 is 1.20 bits per heavy atom. The van der Waals surface area contributed by atoms with Crippen molar-refractivity contribution in [2.45, 2.75) is 52.5 Å². The minimum Gasteiger partial charge on any atom is -0.328 e. The molecule has 1 aromatic carbocycles. The van der Waals surface area contributed by atoms with Gasteiger partial charge in [-0.2, -0.15) is 0 Å². The Morgan fingerprint density at radius 3 is 2.70 bits per heavy atom. The molecule has 1 aromatic heterocycles. The fourth-order valence-electron chi connectivity index (χ4n) is 2.54. The first kappa shape index (κ1) is 15.2. The summed E-state index contributed by atoms with van der Waals surface area (Å²) in [5.74, 6) is 0.560. The molecule has 0 aliphatic rings. The molecule has 0 atom stereocenters. The van der Waals surface area contributed by atoms with Crippen LogP contribution in [0.15, 0.2) is 18.2 Å². The highest BCUT2D eigenvalue weighted by atomic mass is 32.1. The zero-order valence-corrected chi connectivity index (χ0v) is 13.1. The number of imidazole rings is 1. The topological polar surface area (TPSA) is 20.7 Å². The summed E-state index contributed by atoms with van der Waals surface area (Å²) in [6.07, 6.45) is 6.16. The smallest absolute Gasteiger partial charge is 0.178 e. The number of unbranched alkanes of at least 4 members (excludes halogenated alkanes) is 3. The number of hydrogen-bond donors (Lipinski definition) is 1. The molecule has 1 heterocycles. The number of rotatable bonds is 7. The Bertz CT molecular complexity index is 612. The van der Waals surface area contributed by atoms with Crippen LogP contribution < -0.4 is 0 Å². The lowest BCUT2D eigenvalue weighted by molar-refractivity contribution is 0.507. The van der Waals surface area contributed by atoms with Crippen molar-refractivity contribution in [3.63, 3.8) is 0 Å². The van der Waals surface area contributed by atoms with E-state index in [1.165, 1.54) is 31.7 Å². The summed E-state index contributed by atoms with van der Waals surface area (Å²) >= 11 is 5.29. The standard InChI is InChI=1S/C16H23FN2S/c1-12(2)8-5-3-4-6-11-19-14-10-7-9-13(17)15(14)18-16(19)20/h7,9-10,12H,3-6,8,11H2,1-2H3,(H,18,20). The number of benzene rings is 1. The highest BCUT2D eigenvalue weighted by molar-refractivity contribution is 7.71. The molecule has 0 aliphatic heterocycles. The lowest BCUT2D eigenvalue weighted by Crippen LogP contribution is -1.98. The number of aryl methyl sites for hydroxylation is 1. The molecule has 0 radical (unpaired) electrons. The van der Waals surface area contributed by atoms with E-state index in [-0.39, 0.29) is 5.82 Å². The maximum Gasteiger partial charge on any atom is 0.178 e. The normalized spacial score (nSPS) is 11.6. The van der Waals surface area contributed by atoms with E-state index < -0.39 is 0 Å². The van der Waals surface area contributed by atoms with Gasteiger partial charge in [0.2, 0.25) is 0 Å². The van der Waals surface area contributed by atoms with E-state index in [0.29, 0.717) is 10.3 Å². The Morgan fingerprint density at radius 2 is 1.95 bits per heavy atom. The Kier molecular flexibility index (Phi) is 5.35. The van der Waals surface area contributed by atoms with Crippen LogP contribution in [-0.2, 0) is 6.54 Å². The third-order valence-corrected chi connectivity index (χ3v) is 4.00. The Labute approximate surface area is 125 Å². The Hall–Kier alpha value is -1.16. The molecule has 2 nitrogen and oxygen atoms in total. The maximum atomic E-state index is 13.7. The van der Waals surface area contributed by atoms with Crippen LogP contribution in [0.3, 0.4) is 0 Å². The van der Waals surface area contributed by atoms with Gasteiger partial charge in [0.1, 0.15) is 11.3 Å². The molecule has 0 spiro atoms. The molecular formula is C16H23FN2S. The van der Waals surface area contributed by atoms with Gasteiger partial charge in [-0.1, -0.05) is 45.6 Å². The molecule has 110 valence electrons. The zero-order chi connectivity index (χ0) is 14.5. The van der Waals surface area contributed by atoms with E-state index >= 15 is 0 Å². The molecule has 0 unspecified atom stereocenters. The highest BCUT2D eigenvalue weighted by Crippen LogP contribution is 2.18. The number of halogens is 1. The predicted molar refractivity (Wildman–Crippen MR) is 85.0 cm³/mol. The summed E-state index contributed by atoms with van der Waals surface area (Å²) < 4.78 is 16.3. The van der Waals surface area contributed by atoms with Crippen LogP contribution in [0.5, 0.6) is 0 Å². The van der Waals surface area contributed by atoms with Crippen LogP contribution in [-0.4, -0.2) is 9.55 Å². The van der Waals surface area contributed by atoms with Gasteiger partial charge in [0.05, 0.1) is 5.52 Å². The number of aromatic amines is 1. The number of aromatic nitrogens is 2. The Balaban J connectivity index is 1.92. The van der Waals surface area contributed by atoms with Crippen LogP contribution in [0, 0.1) is 16.5 Å². The van der Waals surface area contributed by atoms with Crippen molar-refractivity contribution in [1.29, 1.82) is 0 Å². The zero-order valence-electron chi connectivity index (χ0n) is 12.3. The van der Waals surface area contributed by atoms with Gasteiger partial charge in [-0.15, -0.1) is 0 Å². The number of nitrogens with one attached hydrogen (secondary N) is 1. The average molecular weight is 294 g/mol. The quantitative estimate of drug-likeness (QED) is 0.532. The van der Waals surface area contributed by atoms with Gasteiger partial charge < -0.3 is 9.55 Å². The minimum absolute atomic E-state index is 0.232. The number of para-hydroxylation sites is 1. The largest absolute Gasteiger partial charge is 0.328 e. The second-order valence-corrected chi connectivity index (χ2v) is 6.20. The molecule has 4 heteroatoms. The van der Waals surface area contributed by atoms with E-state index in [4.69, 9.17) is 12.2 Å². The molecule has 2 aromatic rings. The van der Waals surface area contributed by atoms with Gasteiger partial charge in [0, 0.05) is 6.54 Å². The first-order valence-electron chi connectivity index (χ1n) is 7.46. The average Bonchev–Trinajstić information content (AvgIpc) is 2.71. The third kappa shape index (κ3) is 3.69. The van der Waals surface area contributed by atoms with Crippen molar-refractivity contribution in [3.05, 3.63) is 28.8 Å². The summed E-state index contributed by atoms with van der Waals surface area (Å²) in [6.45, 7) is 5.39. The van der Waals surface area contributed by atoms with Crippen molar-refractivity contribution in [3.8, 4) is 0 Å². The molecule has 0 saturated carbocycles. The molecule has 20 heavy (non-hydrogen) atoms. The van der Waals surface area contributed by atoms with Crippen LogP contribution in [0.2, 0.25) is 0 Å². The van der Waals surface area contributed by atoms with Gasteiger partial charge in [0.15, 0.2) is 4.77 Å². The first-order valence-corrected chi connectivity index (χ1v) is 7.87. The second kappa shape index (κ2) is 7.02. The minimum atomic E-state index is -0.232. The second-order valence-electron chi connectivity index (χ2n) is 5.81. The van der Waals surface area contributed by atoms with Crippen LogP contribution in [0.25, 0.3) is 11.0 Å². The van der Waals surface area contributed by atoms with Crippen LogP contribution in [0.4, 0.5) is 4.39 Å². The number of nitrogens with zero attached hydrogens (tertiary/aromatic N) is 1. The third-order valence-electron chi connectivity index (χ3n) is 3.67. The van der Waals surface area contributed by atoms with Gasteiger partial charge >= 0.3 is 0 Å². The molecule has 0 fully saturated rings. The summed E-state index contributed by atoms with van der Waals surface area (Å²) in [4.78, 5) is 2.97. The highest BCUT2D eigenvalue weighted by Gasteiger charge is 2.07. The monoisotopic (exact) mass is 294 g/mol. The molecule has 0 bridgehead atoms. The number of hydrogen-bond acceptors (Lipinski definition) is 1.